The maximum absolute atomic E-state index is 12.5. The SMILES string of the molecule is CCOC(=O)c1cc(-c2cccc(OC)c2)n(-c2ccc(C(=O)NCc3ccco3)cc2)n1. The van der Waals surface area contributed by atoms with Gasteiger partial charge in [-0.2, -0.15) is 5.10 Å². The van der Waals surface area contributed by atoms with Gasteiger partial charge >= 0.3 is 5.97 Å². The summed E-state index contributed by atoms with van der Waals surface area (Å²) >= 11 is 0. The maximum Gasteiger partial charge on any atom is 0.358 e. The molecule has 2 heterocycles. The predicted molar refractivity (Wildman–Crippen MR) is 121 cm³/mol. The maximum atomic E-state index is 12.5. The Hall–Kier alpha value is -4.33. The van der Waals surface area contributed by atoms with Gasteiger partial charge in [-0.1, -0.05) is 12.1 Å². The third-order valence-electron chi connectivity index (χ3n) is 4.94. The number of furan rings is 1. The molecule has 1 amide bonds. The molecule has 0 bridgehead atoms. The summed E-state index contributed by atoms with van der Waals surface area (Å²) in [5.74, 6) is 0.625. The van der Waals surface area contributed by atoms with E-state index in [1.165, 1.54) is 0 Å². The van der Waals surface area contributed by atoms with Gasteiger partial charge in [-0.25, -0.2) is 9.48 Å². The lowest BCUT2D eigenvalue weighted by atomic mass is 10.1. The molecule has 1 N–H and O–H groups in total. The van der Waals surface area contributed by atoms with Crippen LogP contribution in [0.2, 0.25) is 0 Å². The van der Waals surface area contributed by atoms with Gasteiger partial charge in [-0.15, -0.1) is 0 Å². The van der Waals surface area contributed by atoms with Gasteiger partial charge in [0.25, 0.3) is 5.91 Å². The Kier molecular flexibility index (Phi) is 6.54. The summed E-state index contributed by atoms with van der Waals surface area (Å²) < 4.78 is 17.3. The Balaban J connectivity index is 1.63. The molecule has 0 fully saturated rings. The number of ether oxygens (including phenoxy) is 2. The van der Waals surface area contributed by atoms with Crippen LogP contribution < -0.4 is 10.1 Å². The van der Waals surface area contributed by atoms with Gasteiger partial charge < -0.3 is 19.2 Å². The van der Waals surface area contributed by atoms with Crippen molar-refractivity contribution in [2.24, 2.45) is 0 Å². The number of rotatable bonds is 8. The molecular formula is C25H23N3O5. The van der Waals surface area contributed by atoms with E-state index < -0.39 is 5.97 Å². The predicted octanol–water partition coefficient (Wildman–Crippen LogP) is 4.25. The number of esters is 1. The molecule has 2 aromatic heterocycles. The molecule has 8 heteroatoms. The molecule has 0 aliphatic carbocycles. The number of carbonyl (C=O) groups excluding carboxylic acids is 2. The van der Waals surface area contributed by atoms with Crippen molar-refractivity contribution in [2.45, 2.75) is 13.5 Å². The zero-order valence-electron chi connectivity index (χ0n) is 18.3. The van der Waals surface area contributed by atoms with Gasteiger partial charge in [0.05, 0.1) is 37.9 Å². The first-order valence-corrected chi connectivity index (χ1v) is 10.4. The fourth-order valence-electron chi connectivity index (χ4n) is 3.31. The van der Waals surface area contributed by atoms with Gasteiger partial charge in [0.15, 0.2) is 5.69 Å². The van der Waals surface area contributed by atoms with Crippen LogP contribution in [0.25, 0.3) is 16.9 Å². The van der Waals surface area contributed by atoms with E-state index in [1.807, 2.05) is 24.3 Å². The molecule has 0 aliphatic rings. The molecule has 168 valence electrons. The minimum Gasteiger partial charge on any atom is -0.497 e. The van der Waals surface area contributed by atoms with Crippen molar-refractivity contribution < 1.29 is 23.5 Å². The zero-order chi connectivity index (χ0) is 23.2. The quantitative estimate of drug-likeness (QED) is 0.408. The first kappa shape index (κ1) is 21.9. The van der Waals surface area contributed by atoms with Crippen molar-refractivity contribution in [2.75, 3.05) is 13.7 Å². The number of hydrogen-bond acceptors (Lipinski definition) is 6. The molecule has 4 rings (SSSR count). The Labute approximate surface area is 190 Å². The van der Waals surface area contributed by atoms with E-state index >= 15 is 0 Å². The second kappa shape index (κ2) is 9.86. The molecule has 0 unspecified atom stereocenters. The van der Waals surface area contributed by atoms with Gasteiger partial charge in [0.2, 0.25) is 0 Å². The molecule has 0 radical (unpaired) electrons. The number of carbonyl (C=O) groups is 2. The van der Waals surface area contributed by atoms with E-state index in [0.717, 1.165) is 5.56 Å². The van der Waals surface area contributed by atoms with E-state index in [0.29, 0.717) is 35.0 Å². The number of amides is 1. The number of nitrogens with one attached hydrogen (secondary N) is 1. The van der Waals surface area contributed by atoms with Crippen LogP contribution in [0.5, 0.6) is 5.75 Å². The highest BCUT2D eigenvalue weighted by atomic mass is 16.5. The van der Waals surface area contributed by atoms with Crippen molar-refractivity contribution in [3.63, 3.8) is 0 Å². The second-order valence-corrected chi connectivity index (χ2v) is 7.09. The fourth-order valence-corrected chi connectivity index (χ4v) is 3.31. The minimum absolute atomic E-state index is 0.190. The van der Waals surface area contributed by atoms with Gasteiger partial charge in [0, 0.05) is 11.1 Å². The summed E-state index contributed by atoms with van der Waals surface area (Å²) in [5, 5.41) is 7.28. The first-order chi connectivity index (χ1) is 16.1. The first-order valence-electron chi connectivity index (χ1n) is 10.4. The van der Waals surface area contributed by atoms with Gasteiger partial charge in [-0.05, 0) is 61.5 Å². The van der Waals surface area contributed by atoms with Crippen LogP contribution in [0, 0.1) is 0 Å². The van der Waals surface area contributed by atoms with Crippen LogP contribution in [0.3, 0.4) is 0 Å². The smallest absolute Gasteiger partial charge is 0.358 e. The average Bonchev–Trinajstić information content (AvgIpc) is 3.53. The van der Waals surface area contributed by atoms with E-state index in [1.54, 1.807) is 67.4 Å². The minimum atomic E-state index is -0.505. The van der Waals surface area contributed by atoms with Crippen molar-refractivity contribution in [1.82, 2.24) is 15.1 Å². The summed E-state index contributed by atoms with van der Waals surface area (Å²) in [4.78, 5) is 24.8. The molecule has 33 heavy (non-hydrogen) atoms. The molecule has 8 nitrogen and oxygen atoms in total. The average molecular weight is 445 g/mol. The molecule has 0 atom stereocenters. The summed E-state index contributed by atoms with van der Waals surface area (Å²) in [5.41, 5.74) is 2.87. The third kappa shape index (κ3) is 4.95. The number of hydrogen-bond donors (Lipinski definition) is 1. The van der Waals surface area contributed by atoms with Crippen LogP contribution >= 0.6 is 0 Å². The van der Waals surface area contributed by atoms with Gasteiger partial charge in [0.1, 0.15) is 11.5 Å². The van der Waals surface area contributed by atoms with Gasteiger partial charge in [-0.3, -0.25) is 4.79 Å². The highest BCUT2D eigenvalue weighted by Gasteiger charge is 2.18. The van der Waals surface area contributed by atoms with E-state index in [2.05, 4.69) is 10.4 Å². The number of aromatic nitrogens is 2. The number of methoxy groups -OCH3 is 1. The third-order valence-corrected chi connectivity index (χ3v) is 4.94. The Morgan fingerprint density at radius 1 is 1.06 bits per heavy atom. The molecule has 4 aromatic rings. The Morgan fingerprint density at radius 2 is 1.88 bits per heavy atom. The Morgan fingerprint density at radius 3 is 2.58 bits per heavy atom. The summed E-state index contributed by atoms with van der Waals surface area (Å²) in [6.07, 6.45) is 1.56. The molecule has 0 saturated carbocycles. The van der Waals surface area contributed by atoms with Crippen molar-refractivity contribution in [3.05, 3.63) is 90.0 Å². The second-order valence-electron chi connectivity index (χ2n) is 7.09. The normalized spacial score (nSPS) is 10.6. The molecule has 0 spiro atoms. The number of nitrogens with zero attached hydrogens (tertiary/aromatic N) is 2. The highest BCUT2D eigenvalue weighted by molar-refractivity contribution is 5.94. The molecule has 0 saturated heterocycles. The number of benzene rings is 2. The van der Waals surface area contributed by atoms with Crippen molar-refractivity contribution in [1.29, 1.82) is 0 Å². The largest absolute Gasteiger partial charge is 0.497 e. The van der Waals surface area contributed by atoms with Crippen molar-refractivity contribution in [3.8, 4) is 22.7 Å². The van der Waals surface area contributed by atoms with Crippen LogP contribution in [-0.4, -0.2) is 35.4 Å². The van der Waals surface area contributed by atoms with E-state index in [9.17, 15) is 9.59 Å². The zero-order valence-corrected chi connectivity index (χ0v) is 18.3. The highest BCUT2D eigenvalue weighted by Crippen LogP contribution is 2.27. The van der Waals surface area contributed by atoms with Crippen LogP contribution in [0.1, 0.15) is 33.5 Å². The van der Waals surface area contributed by atoms with Crippen LogP contribution in [0.15, 0.2) is 77.4 Å². The fraction of sp³-hybridized carbons (Fsp3) is 0.160. The summed E-state index contributed by atoms with van der Waals surface area (Å²) in [6, 6.07) is 19.7. The van der Waals surface area contributed by atoms with E-state index in [4.69, 9.17) is 13.9 Å². The van der Waals surface area contributed by atoms with Crippen molar-refractivity contribution >= 4 is 11.9 Å². The lowest BCUT2D eigenvalue weighted by Gasteiger charge is -2.10. The van der Waals surface area contributed by atoms with E-state index in [-0.39, 0.29) is 18.2 Å². The molecular weight excluding hydrogens is 422 g/mol. The summed E-state index contributed by atoms with van der Waals surface area (Å²) in [7, 11) is 1.59. The van der Waals surface area contributed by atoms with Crippen LogP contribution in [-0.2, 0) is 11.3 Å². The Bertz CT molecular complexity index is 1240. The monoisotopic (exact) mass is 445 g/mol. The molecule has 2 aromatic carbocycles. The molecule has 0 aliphatic heterocycles. The lowest BCUT2D eigenvalue weighted by Crippen LogP contribution is -2.22. The summed E-state index contributed by atoms with van der Waals surface area (Å²) in [6.45, 7) is 2.30. The van der Waals surface area contributed by atoms with Crippen LogP contribution in [0.4, 0.5) is 0 Å². The lowest BCUT2D eigenvalue weighted by molar-refractivity contribution is 0.0518. The standard InChI is InChI=1S/C25H23N3O5/c1-3-32-25(30)22-15-23(18-6-4-7-20(14-18)31-2)28(27-22)19-11-9-17(10-12-19)24(29)26-16-21-8-5-13-33-21/h4-15H,3,16H2,1-2H3,(H,26,29). The topological polar surface area (TPSA) is 95.6 Å².